The van der Waals surface area contributed by atoms with Crippen LogP contribution in [0.4, 0.5) is 0 Å². The minimum Gasteiger partial charge on any atom is -0.312 e. The van der Waals surface area contributed by atoms with Crippen LogP contribution in [-0.2, 0) is 0 Å². The first kappa shape index (κ1) is 14.6. The molecular formula is C18H29NS. The van der Waals surface area contributed by atoms with Crippen molar-refractivity contribution in [3.05, 3.63) is 21.4 Å². The number of hydrogen-bond donors (Lipinski definition) is 1. The molecule has 0 aromatic carbocycles. The largest absolute Gasteiger partial charge is 0.312 e. The normalized spacial score (nSPS) is 31.9. The Morgan fingerprint density at radius 1 is 1.10 bits per heavy atom. The van der Waals surface area contributed by atoms with Gasteiger partial charge in [-0.2, -0.15) is 0 Å². The minimum atomic E-state index is 0.594. The summed E-state index contributed by atoms with van der Waals surface area (Å²) in [7, 11) is 2.16. The van der Waals surface area contributed by atoms with E-state index in [-0.39, 0.29) is 0 Å². The molecule has 2 aliphatic carbocycles. The summed E-state index contributed by atoms with van der Waals surface area (Å²) in [5.74, 6) is 2.94. The standard InChI is InChI=1S/C18H29NS/c1-12-10-13(2)20-18(12)17(19-3)16-9-8-14-6-4-5-7-15(14)11-16/h10,14-17,19H,4-9,11H2,1-3H3. The predicted molar refractivity (Wildman–Crippen MR) is 88.4 cm³/mol. The Morgan fingerprint density at radius 2 is 1.85 bits per heavy atom. The Hall–Kier alpha value is -0.340. The van der Waals surface area contributed by atoms with E-state index in [9.17, 15) is 0 Å². The van der Waals surface area contributed by atoms with Crippen molar-refractivity contribution in [2.75, 3.05) is 7.05 Å². The Kier molecular flexibility index (Phi) is 4.52. The monoisotopic (exact) mass is 291 g/mol. The third kappa shape index (κ3) is 2.82. The molecule has 3 rings (SSSR count). The van der Waals surface area contributed by atoms with Crippen molar-refractivity contribution < 1.29 is 0 Å². The fraction of sp³-hybridized carbons (Fsp3) is 0.778. The van der Waals surface area contributed by atoms with Gasteiger partial charge >= 0.3 is 0 Å². The molecule has 1 aromatic rings. The second-order valence-corrected chi connectivity index (χ2v) is 8.34. The molecule has 2 fully saturated rings. The van der Waals surface area contributed by atoms with E-state index in [4.69, 9.17) is 0 Å². The van der Waals surface area contributed by atoms with Gasteiger partial charge in [-0.15, -0.1) is 11.3 Å². The molecule has 2 saturated carbocycles. The second-order valence-electron chi connectivity index (χ2n) is 7.05. The molecule has 4 atom stereocenters. The van der Waals surface area contributed by atoms with Crippen molar-refractivity contribution in [3.8, 4) is 0 Å². The summed E-state index contributed by atoms with van der Waals surface area (Å²) in [5.41, 5.74) is 1.50. The zero-order valence-electron chi connectivity index (χ0n) is 13.2. The van der Waals surface area contributed by atoms with Crippen molar-refractivity contribution in [1.82, 2.24) is 5.32 Å². The van der Waals surface area contributed by atoms with E-state index in [0.717, 1.165) is 17.8 Å². The molecule has 20 heavy (non-hydrogen) atoms. The summed E-state index contributed by atoms with van der Waals surface area (Å²) in [4.78, 5) is 3.06. The molecule has 0 aliphatic heterocycles. The van der Waals surface area contributed by atoms with Crippen LogP contribution in [0.3, 0.4) is 0 Å². The van der Waals surface area contributed by atoms with Gasteiger partial charge in [0.05, 0.1) is 0 Å². The summed E-state index contributed by atoms with van der Waals surface area (Å²) in [6, 6.07) is 2.95. The van der Waals surface area contributed by atoms with Gasteiger partial charge in [-0.3, -0.25) is 0 Å². The quantitative estimate of drug-likeness (QED) is 0.804. The maximum atomic E-state index is 3.65. The van der Waals surface area contributed by atoms with Gasteiger partial charge in [0.25, 0.3) is 0 Å². The van der Waals surface area contributed by atoms with Crippen LogP contribution < -0.4 is 5.32 Å². The van der Waals surface area contributed by atoms with Gasteiger partial charge in [0.1, 0.15) is 0 Å². The number of aryl methyl sites for hydroxylation is 2. The molecule has 1 aromatic heterocycles. The lowest BCUT2D eigenvalue weighted by Gasteiger charge is -2.42. The molecule has 1 heterocycles. The van der Waals surface area contributed by atoms with Crippen molar-refractivity contribution in [1.29, 1.82) is 0 Å². The third-order valence-electron chi connectivity index (χ3n) is 5.72. The molecule has 0 radical (unpaired) electrons. The van der Waals surface area contributed by atoms with Crippen molar-refractivity contribution >= 4 is 11.3 Å². The van der Waals surface area contributed by atoms with E-state index < -0.39 is 0 Å². The van der Waals surface area contributed by atoms with Crippen molar-refractivity contribution in [3.63, 3.8) is 0 Å². The fourth-order valence-corrected chi connectivity index (χ4v) is 6.00. The average Bonchev–Trinajstić information content (AvgIpc) is 2.78. The maximum absolute atomic E-state index is 3.65. The fourth-order valence-electron chi connectivity index (χ4n) is 4.76. The van der Waals surface area contributed by atoms with Gasteiger partial charge in [0.2, 0.25) is 0 Å². The Labute approximate surface area is 128 Å². The van der Waals surface area contributed by atoms with E-state index in [1.54, 1.807) is 4.88 Å². The van der Waals surface area contributed by atoms with E-state index in [1.165, 1.54) is 55.4 Å². The predicted octanol–water partition coefficient (Wildman–Crippen LogP) is 5.23. The topological polar surface area (TPSA) is 12.0 Å². The van der Waals surface area contributed by atoms with E-state index in [2.05, 4.69) is 32.3 Å². The Morgan fingerprint density at radius 3 is 2.50 bits per heavy atom. The van der Waals surface area contributed by atoms with Crippen molar-refractivity contribution in [2.24, 2.45) is 17.8 Å². The zero-order chi connectivity index (χ0) is 14.1. The summed E-state index contributed by atoms with van der Waals surface area (Å²) >= 11 is 2.01. The number of thiophene rings is 1. The molecule has 112 valence electrons. The zero-order valence-corrected chi connectivity index (χ0v) is 14.1. The maximum Gasteiger partial charge on any atom is 0.0443 e. The highest BCUT2D eigenvalue weighted by Gasteiger charge is 2.36. The third-order valence-corrected chi connectivity index (χ3v) is 6.96. The van der Waals surface area contributed by atoms with Gasteiger partial charge < -0.3 is 5.32 Å². The molecule has 2 aliphatic rings. The van der Waals surface area contributed by atoms with Crippen LogP contribution in [0, 0.1) is 31.6 Å². The first-order valence-corrected chi connectivity index (χ1v) is 9.25. The molecule has 1 N–H and O–H groups in total. The van der Waals surface area contributed by atoms with Crippen LogP contribution in [0.25, 0.3) is 0 Å². The van der Waals surface area contributed by atoms with Crippen LogP contribution in [0.15, 0.2) is 6.07 Å². The highest BCUT2D eigenvalue weighted by atomic mass is 32.1. The van der Waals surface area contributed by atoms with E-state index in [1.807, 2.05) is 11.3 Å². The van der Waals surface area contributed by atoms with Gasteiger partial charge in [-0.25, -0.2) is 0 Å². The van der Waals surface area contributed by atoms with Gasteiger partial charge in [0, 0.05) is 15.8 Å². The average molecular weight is 292 g/mol. The summed E-state index contributed by atoms with van der Waals surface area (Å²) in [5, 5.41) is 3.65. The lowest BCUT2D eigenvalue weighted by Crippen LogP contribution is -2.34. The Balaban J connectivity index is 1.75. The highest BCUT2D eigenvalue weighted by molar-refractivity contribution is 7.12. The van der Waals surface area contributed by atoms with Gasteiger partial charge in [-0.1, -0.05) is 25.7 Å². The van der Waals surface area contributed by atoms with Crippen LogP contribution >= 0.6 is 11.3 Å². The second kappa shape index (κ2) is 6.19. The number of hydrogen-bond acceptors (Lipinski definition) is 2. The van der Waals surface area contributed by atoms with E-state index >= 15 is 0 Å². The van der Waals surface area contributed by atoms with Gasteiger partial charge in [0.15, 0.2) is 0 Å². The number of rotatable bonds is 3. The summed E-state index contributed by atoms with van der Waals surface area (Å²) < 4.78 is 0. The molecule has 4 unspecified atom stereocenters. The summed E-state index contributed by atoms with van der Waals surface area (Å²) in [6.45, 7) is 4.53. The lowest BCUT2D eigenvalue weighted by atomic mass is 9.66. The van der Waals surface area contributed by atoms with Crippen LogP contribution in [0.1, 0.15) is 66.3 Å². The SMILES string of the molecule is CNC(c1sc(C)cc1C)C1CCC2CCCCC2C1. The Bertz CT molecular complexity index is 450. The van der Waals surface area contributed by atoms with Crippen LogP contribution in [-0.4, -0.2) is 7.05 Å². The summed E-state index contributed by atoms with van der Waals surface area (Å²) in [6.07, 6.45) is 10.4. The van der Waals surface area contributed by atoms with Crippen LogP contribution in [0.2, 0.25) is 0 Å². The molecule has 0 amide bonds. The first-order chi connectivity index (χ1) is 9.69. The van der Waals surface area contributed by atoms with Crippen molar-refractivity contribution in [2.45, 2.75) is 64.8 Å². The highest BCUT2D eigenvalue weighted by Crippen LogP contribution is 2.47. The lowest BCUT2D eigenvalue weighted by molar-refractivity contribution is 0.112. The molecule has 0 spiro atoms. The van der Waals surface area contributed by atoms with E-state index in [0.29, 0.717) is 6.04 Å². The minimum absolute atomic E-state index is 0.594. The molecular weight excluding hydrogens is 262 g/mol. The van der Waals surface area contributed by atoms with Gasteiger partial charge in [-0.05, 0) is 69.5 Å². The number of nitrogens with one attached hydrogen (secondary N) is 1. The molecule has 0 saturated heterocycles. The van der Waals surface area contributed by atoms with Crippen LogP contribution in [0.5, 0.6) is 0 Å². The first-order valence-electron chi connectivity index (χ1n) is 8.43. The molecule has 2 heteroatoms. The molecule has 1 nitrogen and oxygen atoms in total. The molecule has 0 bridgehead atoms. The smallest absolute Gasteiger partial charge is 0.0443 e. The number of fused-ring (bicyclic) bond motifs is 1.